The van der Waals surface area contributed by atoms with Crippen LogP contribution in [0.15, 0.2) is 64.5 Å². The Morgan fingerprint density at radius 2 is 1.70 bits per heavy atom. The van der Waals surface area contributed by atoms with Crippen LogP contribution >= 0.6 is 23.1 Å². The maximum absolute atomic E-state index is 12.9. The minimum atomic E-state index is -0.0217. The van der Waals surface area contributed by atoms with Crippen molar-refractivity contribution in [1.29, 1.82) is 0 Å². The number of aromatic nitrogens is 2. The first-order valence-electron chi connectivity index (χ1n) is 9.81. The maximum Gasteiger partial charge on any atom is 0.263 e. The van der Waals surface area contributed by atoms with E-state index in [1.165, 1.54) is 23.1 Å². The molecule has 0 aliphatic rings. The van der Waals surface area contributed by atoms with Crippen molar-refractivity contribution in [2.24, 2.45) is 0 Å². The zero-order valence-electron chi connectivity index (χ0n) is 17.1. The van der Waals surface area contributed by atoms with Crippen LogP contribution in [0.1, 0.15) is 27.7 Å². The minimum absolute atomic E-state index is 0.0217. The molecule has 0 amide bonds. The van der Waals surface area contributed by atoms with Crippen LogP contribution in [-0.4, -0.2) is 21.1 Å². The molecule has 2 aromatic carbocycles. The molecule has 0 radical (unpaired) electrons. The summed E-state index contributed by atoms with van der Waals surface area (Å²) >= 11 is 2.86. The van der Waals surface area contributed by atoms with Gasteiger partial charge in [0.15, 0.2) is 10.9 Å². The van der Waals surface area contributed by atoms with Gasteiger partial charge in [0.25, 0.3) is 5.56 Å². The van der Waals surface area contributed by atoms with Gasteiger partial charge in [0.05, 0.1) is 11.1 Å². The van der Waals surface area contributed by atoms with Crippen LogP contribution in [0, 0.1) is 13.8 Å². The molecule has 0 spiro atoms. The molecule has 0 saturated heterocycles. The van der Waals surface area contributed by atoms with Crippen molar-refractivity contribution in [3.8, 4) is 11.1 Å². The van der Waals surface area contributed by atoms with Crippen molar-refractivity contribution >= 4 is 39.1 Å². The first kappa shape index (κ1) is 20.6. The van der Waals surface area contributed by atoms with Crippen molar-refractivity contribution in [3.63, 3.8) is 0 Å². The normalized spacial score (nSPS) is 11.2. The summed E-state index contributed by atoms with van der Waals surface area (Å²) in [6.45, 7) is 6.43. The number of carbonyl (C=O) groups is 1. The summed E-state index contributed by atoms with van der Waals surface area (Å²) in [6, 6.07) is 17.7. The first-order chi connectivity index (χ1) is 14.5. The summed E-state index contributed by atoms with van der Waals surface area (Å²) in [5.41, 5.74) is 3.84. The van der Waals surface area contributed by atoms with Gasteiger partial charge in [0.2, 0.25) is 0 Å². The summed E-state index contributed by atoms with van der Waals surface area (Å²) in [5.74, 6) is 0.265. The lowest BCUT2D eigenvalue weighted by Crippen LogP contribution is -2.22. The third kappa shape index (κ3) is 3.85. The average Bonchev–Trinajstić information content (AvgIpc) is 3.06. The number of ketones is 1. The number of rotatable bonds is 6. The summed E-state index contributed by atoms with van der Waals surface area (Å²) in [7, 11) is 0. The van der Waals surface area contributed by atoms with E-state index < -0.39 is 0 Å². The molecular formula is C24H22N2O2S2. The molecular weight excluding hydrogens is 412 g/mol. The van der Waals surface area contributed by atoms with Crippen molar-refractivity contribution < 1.29 is 4.79 Å². The molecule has 6 heteroatoms. The molecule has 0 unspecified atom stereocenters. The second kappa shape index (κ2) is 8.58. The van der Waals surface area contributed by atoms with Crippen molar-refractivity contribution in [1.82, 2.24) is 9.55 Å². The van der Waals surface area contributed by atoms with E-state index in [9.17, 15) is 9.59 Å². The fourth-order valence-electron chi connectivity index (χ4n) is 3.39. The van der Waals surface area contributed by atoms with Gasteiger partial charge in [-0.2, -0.15) is 0 Å². The highest BCUT2D eigenvalue weighted by Gasteiger charge is 2.17. The molecule has 0 aliphatic carbocycles. The number of thiophene rings is 1. The molecule has 0 bridgehead atoms. The molecule has 0 N–H and O–H groups in total. The topological polar surface area (TPSA) is 52.0 Å². The Labute approximate surface area is 183 Å². The number of thioether (sulfide) groups is 1. The van der Waals surface area contributed by atoms with Gasteiger partial charge in [0.1, 0.15) is 4.83 Å². The molecule has 4 nitrogen and oxygen atoms in total. The van der Waals surface area contributed by atoms with Crippen molar-refractivity contribution in [3.05, 3.63) is 81.0 Å². The van der Waals surface area contributed by atoms with Crippen LogP contribution in [0.25, 0.3) is 21.3 Å². The van der Waals surface area contributed by atoms with E-state index in [-0.39, 0.29) is 17.1 Å². The van der Waals surface area contributed by atoms with E-state index >= 15 is 0 Å². The lowest BCUT2D eigenvalue weighted by atomic mass is 10.0. The van der Waals surface area contributed by atoms with Gasteiger partial charge in [-0.05, 0) is 37.5 Å². The standard InChI is InChI=1S/C24H22N2O2S2/c1-4-26-23(28)21-15(2)16(3)30-22(21)25-24(26)29-14-20(27)19-12-10-18(11-13-19)17-8-6-5-7-9-17/h5-13H,4,14H2,1-3H3. The van der Waals surface area contributed by atoms with E-state index in [2.05, 4.69) is 0 Å². The smallest absolute Gasteiger partial charge is 0.263 e. The highest BCUT2D eigenvalue weighted by Crippen LogP contribution is 2.28. The number of nitrogens with zero attached hydrogens (tertiary/aromatic N) is 2. The van der Waals surface area contributed by atoms with Gasteiger partial charge in [-0.15, -0.1) is 11.3 Å². The molecule has 4 aromatic rings. The molecule has 0 atom stereocenters. The number of fused-ring (bicyclic) bond motifs is 1. The Bertz CT molecular complexity index is 1270. The number of benzene rings is 2. The molecule has 0 fully saturated rings. The third-order valence-corrected chi connectivity index (χ3v) is 7.29. The summed E-state index contributed by atoms with van der Waals surface area (Å²) in [6.07, 6.45) is 0. The van der Waals surface area contributed by atoms with Gasteiger partial charge in [-0.3, -0.25) is 14.2 Å². The average molecular weight is 435 g/mol. The Morgan fingerprint density at radius 3 is 2.37 bits per heavy atom. The van der Waals surface area contributed by atoms with E-state index in [0.717, 1.165) is 26.4 Å². The van der Waals surface area contributed by atoms with Crippen LogP contribution < -0.4 is 5.56 Å². The van der Waals surface area contributed by atoms with Crippen LogP contribution in [0.3, 0.4) is 0 Å². The Hall–Kier alpha value is -2.70. The minimum Gasteiger partial charge on any atom is -0.293 e. The fourth-order valence-corrected chi connectivity index (χ4v) is 5.42. The maximum atomic E-state index is 12.9. The van der Waals surface area contributed by atoms with Gasteiger partial charge < -0.3 is 0 Å². The predicted molar refractivity (Wildman–Crippen MR) is 126 cm³/mol. The fraction of sp³-hybridized carbons (Fsp3) is 0.208. The Kier molecular flexibility index (Phi) is 5.88. The van der Waals surface area contributed by atoms with E-state index in [1.54, 1.807) is 4.57 Å². The molecule has 0 aliphatic heterocycles. The summed E-state index contributed by atoms with van der Waals surface area (Å²) in [4.78, 5) is 32.2. The number of carbonyl (C=O) groups excluding carboxylic acids is 1. The second-order valence-corrected chi connectivity index (χ2v) is 9.21. The van der Waals surface area contributed by atoms with Crippen molar-refractivity contribution in [2.45, 2.75) is 32.5 Å². The van der Waals surface area contributed by atoms with Gasteiger partial charge in [-0.25, -0.2) is 4.98 Å². The highest BCUT2D eigenvalue weighted by atomic mass is 32.2. The monoisotopic (exact) mass is 434 g/mol. The molecule has 0 saturated carbocycles. The number of hydrogen-bond donors (Lipinski definition) is 0. The van der Waals surface area contributed by atoms with E-state index in [1.807, 2.05) is 75.4 Å². The number of aryl methyl sites for hydroxylation is 2. The van der Waals surface area contributed by atoms with Gasteiger partial charge in [-0.1, -0.05) is 66.4 Å². The van der Waals surface area contributed by atoms with Gasteiger partial charge in [0, 0.05) is 17.0 Å². The number of Topliss-reactive ketones (excluding diaryl/α,β-unsaturated/α-hetero) is 1. The summed E-state index contributed by atoms with van der Waals surface area (Å²) < 4.78 is 1.66. The molecule has 2 aromatic heterocycles. The molecule has 4 rings (SSSR count). The zero-order chi connectivity index (χ0) is 21.3. The van der Waals surface area contributed by atoms with Crippen LogP contribution in [0.2, 0.25) is 0 Å². The first-order valence-corrected chi connectivity index (χ1v) is 11.6. The predicted octanol–water partition coefficient (Wildman–Crippen LogP) is 5.74. The lowest BCUT2D eigenvalue weighted by molar-refractivity contribution is 0.102. The largest absolute Gasteiger partial charge is 0.293 e. The Morgan fingerprint density at radius 1 is 1.03 bits per heavy atom. The van der Waals surface area contributed by atoms with Crippen LogP contribution in [0.4, 0.5) is 0 Å². The highest BCUT2D eigenvalue weighted by molar-refractivity contribution is 7.99. The van der Waals surface area contributed by atoms with E-state index in [0.29, 0.717) is 22.7 Å². The molecule has 2 heterocycles. The quantitative estimate of drug-likeness (QED) is 0.221. The third-order valence-electron chi connectivity index (χ3n) is 5.22. The van der Waals surface area contributed by atoms with Crippen LogP contribution in [0.5, 0.6) is 0 Å². The Balaban J connectivity index is 1.55. The SMILES string of the molecule is CCn1c(SCC(=O)c2ccc(-c3ccccc3)cc2)nc2sc(C)c(C)c2c1=O. The lowest BCUT2D eigenvalue weighted by Gasteiger charge is -2.10. The summed E-state index contributed by atoms with van der Waals surface area (Å²) in [5, 5.41) is 1.30. The molecule has 30 heavy (non-hydrogen) atoms. The number of hydrogen-bond acceptors (Lipinski definition) is 5. The second-order valence-electron chi connectivity index (χ2n) is 7.06. The molecule has 152 valence electrons. The van der Waals surface area contributed by atoms with E-state index in [4.69, 9.17) is 4.98 Å². The van der Waals surface area contributed by atoms with Crippen molar-refractivity contribution in [2.75, 3.05) is 5.75 Å². The zero-order valence-corrected chi connectivity index (χ0v) is 18.8. The van der Waals surface area contributed by atoms with Gasteiger partial charge >= 0.3 is 0 Å². The van der Waals surface area contributed by atoms with Crippen LogP contribution in [-0.2, 0) is 6.54 Å².